The van der Waals surface area contributed by atoms with Gasteiger partial charge in [-0.15, -0.1) is 0 Å². The highest BCUT2D eigenvalue weighted by molar-refractivity contribution is 5.97. The first-order valence-corrected chi connectivity index (χ1v) is 6.15. The smallest absolute Gasteiger partial charge is 0.365 e. The summed E-state index contributed by atoms with van der Waals surface area (Å²) in [6.45, 7) is 0.142. The van der Waals surface area contributed by atoms with E-state index in [-0.39, 0.29) is 12.6 Å². The molecule has 0 saturated heterocycles. The molecule has 21 heavy (non-hydrogen) atoms. The third-order valence-electron chi connectivity index (χ3n) is 2.84. The molecule has 1 aliphatic heterocycles. The fraction of sp³-hybridized carbons (Fsp3) is 0.0714. The maximum absolute atomic E-state index is 11.9. The summed E-state index contributed by atoms with van der Waals surface area (Å²) in [6.07, 6.45) is 3.38. The highest BCUT2D eigenvalue weighted by atomic mass is 16.7. The van der Waals surface area contributed by atoms with E-state index in [9.17, 15) is 4.79 Å². The van der Waals surface area contributed by atoms with Crippen molar-refractivity contribution in [3.05, 3.63) is 53.9 Å². The number of nitrogens with one attached hydrogen (secondary N) is 1. The molecule has 3 rings (SSSR count). The molecule has 7 heteroatoms. The molecule has 0 amide bonds. The van der Waals surface area contributed by atoms with Gasteiger partial charge in [-0.25, -0.2) is 9.78 Å². The van der Waals surface area contributed by atoms with Crippen LogP contribution in [-0.4, -0.2) is 18.6 Å². The van der Waals surface area contributed by atoms with Crippen molar-refractivity contribution >= 4 is 11.8 Å². The summed E-state index contributed by atoms with van der Waals surface area (Å²) in [6, 6.07) is 8.24. The lowest BCUT2D eigenvalue weighted by molar-refractivity contribution is -0.378. The third-order valence-corrected chi connectivity index (χ3v) is 2.84. The van der Waals surface area contributed by atoms with Crippen LogP contribution in [0.1, 0.15) is 15.9 Å². The zero-order valence-electron chi connectivity index (χ0n) is 10.9. The van der Waals surface area contributed by atoms with Gasteiger partial charge in [-0.2, -0.15) is 0 Å². The first-order valence-electron chi connectivity index (χ1n) is 6.15. The molecule has 0 unspecified atom stereocenters. The Balaban J connectivity index is 1.72. The lowest BCUT2D eigenvalue weighted by Crippen LogP contribution is -2.17. The van der Waals surface area contributed by atoms with Crippen LogP contribution in [0.3, 0.4) is 0 Å². The number of fused-ring (bicyclic) bond motifs is 1. The second kappa shape index (κ2) is 5.49. The Labute approximate surface area is 119 Å². The largest absolute Gasteiger partial charge is 0.454 e. The molecule has 0 atom stereocenters. The molecule has 1 aromatic heterocycles. The zero-order chi connectivity index (χ0) is 14.7. The summed E-state index contributed by atoms with van der Waals surface area (Å²) >= 11 is 0. The second-order valence-corrected chi connectivity index (χ2v) is 4.22. The standard InChI is InChI=1S/C14H11N3O4/c15-13(10-2-1-5-16-7-10)17-21-14(18)9-3-4-11-12(6-9)20-8-19-11/h1-7H,8H2,(H2,15,17)/p+1. The van der Waals surface area contributed by atoms with Gasteiger partial charge in [0.2, 0.25) is 6.79 Å². The number of pyridine rings is 1. The van der Waals surface area contributed by atoms with E-state index in [0.717, 1.165) is 0 Å². The van der Waals surface area contributed by atoms with Gasteiger partial charge >= 0.3 is 5.97 Å². The summed E-state index contributed by atoms with van der Waals surface area (Å²) in [5, 5.41) is 3.62. The molecule has 0 radical (unpaired) electrons. The zero-order valence-corrected chi connectivity index (χ0v) is 10.9. The number of hydrogen-bond acceptors (Lipinski definition) is 5. The van der Waals surface area contributed by atoms with Crippen LogP contribution in [0.2, 0.25) is 0 Å². The predicted molar refractivity (Wildman–Crippen MR) is 71.7 cm³/mol. The van der Waals surface area contributed by atoms with Crippen LogP contribution in [0.4, 0.5) is 0 Å². The average molecular weight is 286 g/mol. The van der Waals surface area contributed by atoms with Crippen LogP contribution >= 0.6 is 0 Å². The van der Waals surface area contributed by atoms with E-state index < -0.39 is 5.97 Å². The SMILES string of the molecule is NC(=NOC(=O)c1ccc2c(c1)OCO2)c1ccc[nH+]c1. The van der Waals surface area contributed by atoms with Gasteiger partial charge in [0.25, 0.3) is 0 Å². The minimum Gasteiger partial charge on any atom is -0.454 e. The van der Waals surface area contributed by atoms with E-state index >= 15 is 0 Å². The summed E-state index contributed by atoms with van der Waals surface area (Å²) in [5.41, 5.74) is 6.64. The maximum Gasteiger partial charge on any atom is 0.365 e. The number of amidine groups is 1. The number of nitrogens with two attached hydrogens (primary N) is 1. The van der Waals surface area contributed by atoms with Gasteiger partial charge < -0.3 is 20.0 Å². The fourth-order valence-electron chi connectivity index (χ4n) is 1.77. The Morgan fingerprint density at radius 1 is 1.24 bits per heavy atom. The quantitative estimate of drug-likeness (QED) is 0.388. The second-order valence-electron chi connectivity index (χ2n) is 4.22. The molecule has 0 aliphatic carbocycles. The highest BCUT2D eigenvalue weighted by Crippen LogP contribution is 2.32. The number of H-pyrrole nitrogens is 1. The number of carbonyl (C=O) groups excluding carboxylic acids is 1. The molecule has 2 aromatic rings. The minimum absolute atomic E-state index is 0.0981. The summed E-state index contributed by atoms with van der Waals surface area (Å²) in [5.74, 6) is 0.561. The molecular weight excluding hydrogens is 274 g/mol. The van der Waals surface area contributed by atoms with Crippen molar-refractivity contribution in [2.75, 3.05) is 6.79 Å². The average Bonchev–Trinajstić information content (AvgIpc) is 3.00. The van der Waals surface area contributed by atoms with Crippen molar-refractivity contribution in [1.82, 2.24) is 0 Å². The van der Waals surface area contributed by atoms with E-state index in [0.29, 0.717) is 22.6 Å². The number of carbonyl (C=O) groups is 1. The van der Waals surface area contributed by atoms with E-state index in [2.05, 4.69) is 10.1 Å². The van der Waals surface area contributed by atoms with Crippen LogP contribution in [0, 0.1) is 0 Å². The van der Waals surface area contributed by atoms with Gasteiger partial charge in [-0.1, -0.05) is 5.16 Å². The molecule has 7 nitrogen and oxygen atoms in total. The monoisotopic (exact) mass is 286 g/mol. The summed E-state index contributed by atoms with van der Waals surface area (Å²) in [7, 11) is 0. The van der Waals surface area contributed by atoms with Crippen molar-refractivity contribution in [3.8, 4) is 11.5 Å². The Morgan fingerprint density at radius 3 is 2.90 bits per heavy atom. The molecule has 1 aliphatic rings. The van der Waals surface area contributed by atoms with Crippen LogP contribution < -0.4 is 20.2 Å². The Kier molecular flexibility index (Phi) is 3.38. The van der Waals surface area contributed by atoms with Crippen LogP contribution in [0.15, 0.2) is 47.9 Å². The molecule has 0 saturated carbocycles. The highest BCUT2D eigenvalue weighted by Gasteiger charge is 2.17. The molecule has 106 valence electrons. The van der Waals surface area contributed by atoms with E-state index in [4.69, 9.17) is 20.0 Å². The van der Waals surface area contributed by atoms with Crippen molar-refractivity contribution in [1.29, 1.82) is 0 Å². The Hall–Kier alpha value is -3.09. The lowest BCUT2D eigenvalue weighted by Gasteiger charge is -2.01. The Morgan fingerprint density at radius 2 is 2.10 bits per heavy atom. The van der Waals surface area contributed by atoms with Gasteiger partial charge in [-0.3, -0.25) is 0 Å². The molecule has 0 fully saturated rings. The lowest BCUT2D eigenvalue weighted by atomic mass is 10.2. The van der Waals surface area contributed by atoms with Gasteiger partial charge in [0.05, 0.1) is 11.1 Å². The Bertz CT molecular complexity index is 701. The third kappa shape index (κ3) is 2.76. The van der Waals surface area contributed by atoms with Gasteiger partial charge in [-0.05, 0) is 24.3 Å². The van der Waals surface area contributed by atoms with Crippen LogP contribution in [0.25, 0.3) is 0 Å². The molecular formula is C14H12N3O4+. The minimum atomic E-state index is -0.629. The van der Waals surface area contributed by atoms with Crippen molar-refractivity contribution in [2.45, 2.75) is 0 Å². The summed E-state index contributed by atoms with van der Waals surface area (Å²) < 4.78 is 10.4. The number of aromatic nitrogens is 1. The van der Waals surface area contributed by atoms with Crippen molar-refractivity contribution in [2.24, 2.45) is 10.9 Å². The number of aromatic amines is 1. The van der Waals surface area contributed by atoms with Gasteiger partial charge in [0, 0.05) is 6.07 Å². The molecule has 0 spiro atoms. The van der Waals surface area contributed by atoms with E-state index in [1.54, 1.807) is 36.7 Å². The number of oxime groups is 1. The molecule has 3 N–H and O–H groups in total. The van der Waals surface area contributed by atoms with Crippen molar-refractivity contribution < 1.29 is 24.1 Å². The molecule has 0 bridgehead atoms. The van der Waals surface area contributed by atoms with E-state index in [1.807, 2.05) is 0 Å². The topological polar surface area (TPSA) is 97.3 Å². The maximum atomic E-state index is 11.9. The number of benzene rings is 1. The first-order chi connectivity index (χ1) is 10.2. The number of nitrogens with zero attached hydrogens (tertiary/aromatic N) is 1. The number of rotatable bonds is 3. The van der Waals surface area contributed by atoms with Crippen LogP contribution in [-0.2, 0) is 4.84 Å². The normalized spacial score (nSPS) is 13.0. The predicted octanol–water partition coefficient (Wildman–Crippen LogP) is 0.707. The van der Waals surface area contributed by atoms with Gasteiger partial charge in [0.1, 0.15) is 0 Å². The summed E-state index contributed by atoms with van der Waals surface area (Å²) in [4.78, 5) is 19.6. The van der Waals surface area contributed by atoms with Gasteiger partial charge in [0.15, 0.2) is 29.7 Å². The van der Waals surface area contributed by atoms with Crippen molar-refractivity contribution in [3.63, 3.8) is 0 Å². The van der Waals surface area contributed by atoms with E-state index in [1.165, 1.54) is 6.07 Å². The van der Waals surface area contributed by atoms with Crippen LogP contribution in [0.5, 0.6) is 11.5 Å². The first kappa shape index (κ1) is 12.9. The molecule has 1 aromatic carbocycles. The molecule has 2 heterocycles. The fourth-order valence-corrected chi connectivity index (χ4v) is 1.77. The number of ether oxygens (including phenoxy) is 2. The number of hydrogen-bond donors (Lipinski definition) is 1.